The van der Waals surface area contributed by atoms with Gasteiger partial charge in [0.25, 0.3) is 0 Å². The fourth-order valence-electron chi connectivity index (χ4n) is 2.25. The molecule has 0 amide bonds. The molecule has 0 heterocycles. The van der Waals surface area contributed by atoms with Gasteiger partial charge in [0.05, 0.1) is 0 Å². The highest BCUT2D eigenvalue weighted by Gasteiger charge is 2.13. The lowest BCUT2D eigenvalue weighted by atomic mass is 10.1. The van der Waals surface area contributed by atoms with Crippen LogP contribution in [0.4, 0.5) is 5.69 Å². The number of nitrogens with zero attached hydrogens (tertiary/aromatic N) is 1. The van der Waals surface area contributed by atoms with Gasteiger partial charge >= 0.3 is 0 Å². The molecule has 0 saturated carbocycles. The van der Waals surface area contributed by atoms with Crippen LogP contribution < -0.4 is 10.2 Å². The monoisotopic (exact) mass is 282 g/mol. The quantitative estimate of drug-likeness (QED) is 0.714. The summed E-state index contributed by atoms with van der Waals surface area (Å²) in [6, 6.07) is 6.21. The summed E-state index contributed by atoms with van der Waals surface area (Å²) in [6.07, 6.45) is 1.14. The number of hydrogen-bond donors (Lipinski definition) is 1. The molecule has 1 aromatic carbocycles. The maximum Gasteiger partial charge on any atom is 0.0471 e. The van der Waals surface area contributed by atoms with Gasteiger partial charge in [0.1, 0.15) is 0 Å². The van der Waals surface area contributed by atoms with Crippen molar-refractivity contribution in [2.75, 3.05) is 24.5 Å². The van der Waals surface area contributed by atoms with Crippen molar-refractivity contribution < 1.29 is 0 Å². The normalized spacial score (nSPS) is 11.1. The van der Waals surface area contributed by atoms with Gasteiger partial charge in [-0.15, -0.1) is 0 Å². The molecule has 0 spiro atoms. The summed E-state index contributed by atoms with van der Waals surface area (Å²) in [7, 11) is 0. The van der Waals surface area contributed by atoms with Gasteiger partial charge in [-0.3, -0.25) is 0 Å². The lowest BCUT2D eigenvalue weighted by molar-refractivity contribution is 0.613. The molecule has 0 radical (unpaired) electrons. The molecule has 0 atom stereocenters. The third-order valence-electron chi connectivity index (χ3n) is 3.13. The van der Waals surface area contributed by atoms with Crippen molar-refractivity contribution in [1.29, 1.82) is 0 Å². The molecule has 0 saturated heterocycles. The summed E-state index contributed by atoms with van der Waals surface area (Å²) in [6.45, 7) is 12.8. The highest BCUT2D eigenvalue weighted by molar-refractivity contribution is 6.31. The molecular weight excluding hydrogens is 256 g/mol. The first-order chi connectivity index (χ1) is 9.10. The van der Waals surface area contributed by atoms with E-state index in [-0.39, 0.29) is 0 Å². The molecule has 0 fully saturated rings. The van der Waals surface area contributed by atoms with Gasteiger partial charge in [0.2, 0.25) is 0 Å². The van der Waals surface area contributed by atoms with E-state index in [4.69, 9.17) is 11.6 Å². The molecule has 0 unspecified atom stereocenters. The van der Waals surface area contributed by atoms with Gasteiger partial charge in [-0.05, 0) is 37.9 Å². The van der Waals surface area contributed by atoms with Crippen molar-refractivity contribution in [2.24, 2.45) is 5.92 Å². The second kappa shape index (κ2) is 8.44. The lowest BCUT2D eigenvalue weighted by Gasteiger charge is -2.28. The Kier molecular flexibility index (Phi) is 7.25. The zero-order valence-electron chi connectivity index (χ0n) is 12.7. The third-order valence-corrected chi connectivity index (χ3v) is 3.48. The van der Waals surface area contributed by atoms with Crippen LogP contribution in [0.1, 0.15) is 39.7 Å². The Bertz CT molecular complexity index is 377. The van der Waals surface area contributed by atoms with Crippen LogP contribution in [0.25, 0.3) is 0 Å². The zero-order chi connectivity index (χ0) is 14.3. The van der Waals surface area contributed by atoms with Gasteiger partial charge in [0, 0.05) is 35.9 Å². The fourth-order valence-corrected chi connectivity index (χ4v) is 2.48. The number of rotatable bonds is 8. The van der Waals surface area contributed by atoms with Gasteiger partial charge in [-0.25, -0.2) is 0 Å². The fraction of sp³-hybridized carbons (Fsp3) is 0.625. The predicted molar refractivity (Wildman–Crippen MR) is 86.2 cm³/mol. The molecule has 0 aliphatic carbocycles. The average molecular weight is 283 g/mol. The first-order valence-corrected chi connectivity index (χ1v) is 7.70. The van der Waals surface area contributed by atoms with Gasteiger partial charge in [-0.2, -0.15) is 0 Å². The van der Waals surface area contributed by atoms with Crippen LogP contribution in [0.3, 0.4) is 0 Å². The molecule has 0 aromatic heterocycles. The topological polar surface area (TPSA) is 15.3 Å². The lowest BCUT2D eigenvalue weighted by Crippen LogP contribution is -2.29. The van der Waals surface area contributed by atoms with Crippen molar-refractivity contribution in [3.63, 3.8) is 0 Å². The van der Waals surface area contributed by atoms with E-state index in [0.29, 0.717) is 5.92 Å². The maximum absolute atomic E-state index is 6.38. The minimum Gasteiger partial charge on any atom is -0.371 e. The Balaban J connectivity index is 2.93. The Morgan fingerprint density at radius 2 is 2.00 bits per heavy atom. The van der Waals surface area contributed by atoms with Crippen LogP contribution in [-0.4, -0.2) is 19.6 Å². The largest absolute Gasteiger partial charge is 0.371 e. The highest BCUT2D eigenvalue weighted by atomic mass is 35.5. The van der Waals surface area contributed by atoms with Crippen molar-refractivity contribution >= 4 is 17.3 Å². The predicted octanol–water partition coefficient (Wildman–Crippen LogP) is 4.32. The zero-order valence-corrected chi connectivity index (χ0v) is 13.4. The number of benzene rings is 1. The standard InChI is InChI=1S/C16H27ClN2/c1-5-10-18-11-14-15(17)8-7-9-16(14)19(6-2)12-13(3)4/h7-9,13,18H,5-6,10-12H2,1-4H3. The minimum absolute atomic E-state index is 0.649. The minimum atomic E-state index is 0.649. The van der Waals surface area contributed by atoms with Crippen LogP contribution in [-0.2, 0) is 6.54 Å². The van der Waals surface area contributed by atoms with E-state index >= 15 is 0 Å². The smallest absolute Gasteiger partial charge is 0.0471 e. The number of anilines is 1. The molecule has 0 aliphatic rings. The SMILES string of the molecule is CCCNCc1c(Cl)cccc1N(CC)CC(C)C. The van der Waals surface area contributed by atoms with Crippen molar-refractivity contribution in [1.82, 2.24) is 5.32 Å². The molecule has 1 aromatic rings. The van der Waals surface area contributed by atoms with Gasteiger partial charge in [0.15, 0.2) is 0 Å². The Hall–Kier alpha value is -0.730. The van der Waals surface area contributed by atoms with Crippen LogP contribution in [0, 0.1) is 5.92 Å². The van der Waals surface area contributed by atoms with Crippen molar-refractivity contribution in [2.45, 2.75) is 40.7 Å². The molecule has 19 heavy (non-hydrogen) atoms. The van der Waals surface area contributed by atoms with E-state index in [2.05, 4.69) is 44.0 Å². The summed E-state index contributed by atoms with van der Waals surface area (Å²) >= 11 is 6.38. The van der Waals surface area contributed by atoms with E-state index in [1.54, 1.807) is 0 Å². The number of halogens is 1. The molecule has 0 bridgehead atoms. The van der Waals surface area contributed by atoms with E-state index in [9.17, 15) is 0 Å². The van der Waals surface area contributed by atoms with E-state index in [0.717, 1.165) is 37.6 Å². The van der Waals surface area contributed by atoms with Crippen LogP contribution in [0.5, 0.6) is 0 Å². The summed E-state index contributed by atoms with van der Waals surface area (Å²) in [4.78, 5) is 2.42. The third kappa shape index (κ3) is 5.04. The Labute approximate surface area is 123 Å². The molecule has 1 rings (SSSR count). The molecule has 3 heteroatoms. The second-order valence-corrected chi connectivity index (χ2v) is 5.75. The van der Waals surface area contributed by atoms with Gasteiger partial charge in [-0.1, -0.05) is 38.4 Å². The van der Waals surface area contributed by atoms with Crippen LogP contribution in [0.2, 0.25) is 5.02 Å². The van der Waals surface area contributed by atoms with E-state index in [1.165, 1.54) is 11.3 Å². The maximum atomic E-state index is 6.38. The number of hydrogen-bond acceptors (Lipinski definition) is 2. The molecular formula is C16H27ClN2. The summed E-state index contributed by atoms with van der Waals surface area (Å²) < 4.78 is 0. The average Bonchev–Trinajstić information content (AvgIpc) is 2.38. The Morgan fingerprint density at radius 3 is 2.58 bits per heavy atom. The summed E-state index contributed by atoms with van der Waals surface area (Å²) in [5, 5.41) is 4.32. The van der Waals surface area contributed by atoms with Crippen LogP contribution >= 0.6 is 11.6 Å². The van der Waals surface area contributed by atoms with E-state index in [1.807, 2.05) is 12.1 Å². The number of nitrogens with one attached hydrogen (secondary N) is 1. The van der Waals surface area contributed by atoms with Crippen molar-refractivity contribution in [3.05, 3.63) is 28.8 Å². The van der Waals surface area contributed by atoms with Crippen LogP contribution in [0.15, 0.2) is 18.2 Å². The van der Waals surface area contributed by atoms with Gasteiger partial charge < -0.3 is 10.2 Å². The summed E-state index contributed by atoms with van der Waals surface area (Å²) in [5.41, 5.74) is 2.49. The molecule has 108 valence electrons. The van der Waals surface area contributed by atoms with E-state index < -0.39 is 0 Å². The molecule has 1 N–H and O–H groups in total. The molecule has 0 aliphatic heterocycles. The first-order valence-electron chi connectivity index (χ1n) is 7.33. The molecule has 2 nitrogen and oxygen atoms in total. The Morgan fingerprint density at radius 1 is 1.26 bits per heavy atom. The van der Waals surface area contributed by atoms with Crippen molar-refractivity contribution in [3.8, 4) is 0 Å². The highest BCUT2D eigenvalue weighted by Crippen LogP contribution is 2.28. The second-order valence-electron chi connectivity index (χ2n) is 5.35. The summed E-state index contributed by atoms with van der Waals surface area (Å²) in [5.74, 6) is 0.649. The first kappa shape index (κ1) is 16.3.